The zero-order valence-electron chi connectivity index (χ0n) is 10.6. The molecule has 19 heavy (non-hydrogen) atoms. The van der Waals surface area contributed by atoms with Crippen molar-refractivity contribution in [2.75, 3.05) is 16.8 Å². The lowest BCUT2D eigenvalue weighted by atomic mass is 10.0. The smallest absolute Gasteiger partial charge is 0.230 e. The number of nitrogens with zero attached hydrogens (tertiary/aromatic N) is 1. The van der Waals surface area contributed by atoms with E-state index in [2.05, 4.69) is 17.5 Å². The Hall–Kier alpha value is -2.10. The maximum absolute atomic E-state index is 12.6. The number of carbonyl (C=O) groups excluding carboxylic acids is 2. The molecule has 0 radical (unpaired) electrons. The van der Waals surface area contributed by atoms with Crippen LogP contribution < -0.4 is 10.2 Å². The van der Waals surface area contributed by atoms with Crippen LogP contribution in [0.5, 0.6) is 0 Å². The summed E-state index contributed by atoms with van der Waals surface area (Å²) in [6.45, 7) is 0.457. The van der Waals surface area contributed by atoms with Gasteiger partial charge in [0.1, 0.15) is 0 Å². The number of anilines is 2. The van der Waals surface area contributed by atoms with Crippen molar-refractivity contribution in [1.82, 2.24) is 0 Å². The van der Waals surface area contributed by atoms with Gasteiger partial charge in [-0.05, 0) is 25.0 Å². The van der Waals surface area contributed by atoms with Gasteiger partial charge < -0.3 is 10.2 Å². The molecular formula is C15H16N2O2. The van der Waals surface area contributed by atoms with E-state index in [4.69, 9.17) is 0 Å². The van der Waals surface area contributed by atoms with Gasteiger partial charge in [0, 0.05) is 18.9 Å². The van der Waals surface area contributed by atoms with Gasteiger partial charge in [-0.1, -0.05) is 24.3 Å². The molecule has 1 aromatic rings. The molecule has 4 heteroatoms. The number of benzene rings is 1. The fourth-order valence-corrected chi connectivity index (χ4v) is 2.63. The number of fused-ring (bicyclic) bond motifs is 1. The molecule has 0 unspecified atom stereocenters. The molecule has 1 heterocycles. The van der Waals surface area contributed by atoms with Crippen LogP contribution in [0.3, 0.4) is 0 Å². The van der Waals surface area contributed by atoms with Crippen LogP contribution in [0.1, 0.15) is 19.3 Å². The van der Waals surface area contributed by atoms with Gasteiger partial charge >= 0.3 is 0 Å². The van der Waals surface area contributed by atoms with Crippen molar-refractivity contribution >= 4 is 23.2 Å². The predicted molar refractivity (Wildman–Crippen MR) is 73.9 cm³/mol. The molecule has 2 amide bonds. The van der Waals surface area contributed by atoms with Crippen molar-refractivity contribution in [1.29, 1.82) is 0 Å². The van der Waals surface area contributed by atoms with E-state index in [-0.39, 0.29) is 17.7 Å². The summed E-state index contributed by atoms with van der Waals surface area (Å²) in [7, 11) is 0. The van der Waals surface area contributed by atoms with Gasteiger partial charge in [-0.25, -0.2) is 0 Å². The molecule has 0 fully saturated rings. The Morgan fingerprint density at radius 2 is 1.95 bits per heavy atom. The minimum atomic E-state index is -0.0349. The van der Waals surface area contributed by atoms with Crippen LogP contribution in [0.4, 0.5) is 11.4 Å². The third kappa shape index (κ3) is 2.26. The van der Waals surface area contributed by atoms with Crippen LogP contribution in [0, 0.1) is 5.92 Å². The minimum Gasteiger partial charge on any atom is -0.324 e. The monoisotopic (exact) mass is 256 g/mol. The molecule has 0 aromatic heterocycles. The summed E-state index contributed by atoms with van der Waals surface area (Å²) < 4.78 is 0. The fraction of sp³-hybridized carbons (Fsp3) is 0.333. The van der Waals surface area contributed by atoms with Crippen molar-refractivity contribution in [3.05, 3.63) is 36.4 Å². The fourth-order valence-electron chi connectivity index (χ4n) is 2.63. The Balaban J connectivity index is 1.92. The van der Waals surface area contributed by atoms with E-state index < -0.39 is 0 Å². The molecule has 0 atom stereocenters. The number of nitrogens with one attached hydrogen (secondary N) is 1. The van der Waals surface area contributed by atoms with Gasteiger partial charge in [-0.3, -0.25) is 9.59 Å². The standard InChI is InChI=1S/C15H16N2O2/c18-14-9-10-17(15(19)11-5-1-2-6-11)13-8-4-3-7-12(13)16-14/h1-4,7-8,11H,5-6,9-10H2,(H,16,18). The highest BCUT2D eigenvalue weighted by Crippen LogP contribution is 2.31. The van der Waals surface area contributed by atoms with Gasteiger partial charge in [0.25, 0.3) is 0 Å². The van der Waals surface area contributed by atoms with E-state index in [0.29, 0.717) is 13.0 Å². The second-order valence-corrected chi connectivity index (χ2v) is 4.94. The molecule has 1 aliphatic heterocycles. The summed E-state index contributed by atoms with van der Waals surface area (Å²) in [4.78, 5) is 26.0. The molecule has 0 saturated heterocycles. The van der Waals surface area contributed by atoms with Crippen LogP contribution in [0.25, 0.3) is 0 Å². The predicted octanol–water partition coefficient (Wildman–Crippen LogP) is 2.33. The van der Waals surface area contributed by atoms with Crippen molar-refractivity contribution in [3.8, 4) is 0 Å². The Bertz CT molecular complexity index is 543. The first kappa shape index (κ1) is 12.0. The van der Waals surface area contributed by atoms with Crippen molar-refractivity contribution in [2.24, 2.45) is 5.92 Å². The summed E-state index contributed by atoms with van der Waals surface area (Å²) in [6.07, 6.45) is 6.06. The lowest BCUT2D eigenvalue weighted by molar-refractivity contribution is -0.122. The molecular weight excluding hydrogens is 240 g/mol. The average Bonchev–Trinajstić information content (AvgIpc) is 2.89. The second kappa shape index (κ2) is 4.88. The molecule has 1 N–H and O–H groups in total. The van der Waals surface area contributed by atoms with Gasteiger partial charge in [0.2, 0.25) is 11.8 Å². The Kier molecular flexibility index (Phi) is 3.07. The molecule has 98 valence electrons. The van der Waals surface area contributed by atoms with E-state index in [0.717, 1.165) is 24.2 Å². The van der Waals surface area contributed by atoms with Gasteiger partial charge in [0.05, 0.1) is 11.4 Å². The highest BCUT2D eigenvalue weighted by Gasteiger charge is 2.29. The number of amides is 2. The molecule has 2 aliphatic rings. The highest BCUT2D eigenvalue weighted by molar-refractivity contribution is 6.04. The van der Waals surface area contributed by atoms with Crippen LogP contribution in [0.15, 0.2) is 36.4 Å². The van der Waals surface area contributed by atoms with Crippen LogP contribution in [0.2, 0.25) is 0 Å². The number of carbonyl (C=O) groups is 2. The van der Waals surface area contributed by atoms with Crippen molar-refractivity contribution in [3.63, 3.8) is 0 Å². The minimum absolute atomic E-state index is 0.0289. The normalized spacial score (nSPS) is 18.9. The van der Waals surface area contributed by atoms with Gasteiger partial charge in [-0.2, -0.15) is 0 Å². The van der Waals surface area contributed by atoms with Crippen molar-refractivity contribution < 1.29 is 9.59 Å². The SMILES string of the molecule is O=C1CCN(C(=O)C2CC=CC2)c2ccccc2N1. The first-order valence-electron chi connectivity index (χ1n) is 6.61. The third-order valence-electron chi connectivity index (χ3n) is 3.65. The number of rotatable bonds is 1. The summed E-state index contributed by atoms with van der Waals surface area (Å²) in [5.41, 5.74) is 1.54. The van der Waals surface area contributed by atoms with Gasteiger partial charge in [-0.15, -0.1) is 0 Å². The molecule has 4 nitrogen and oxygen atoms in total. The van der Waals surface area contributed by atoms with Crippen LogP contribution >= 0.6 is 0 Å². The van der Waals surface area contributed by atoms with E-state index in [9.17, 15) is 9.59 Å². The van der Waals surface area contributed by atoms with Gasteiger partial charge in [0.15, 0.2) is 0 Å². The number of para-hydroxylation sites is 2. The molecule has 1 aromatic carbocycles. The van der Waals surface area contributed by atoms with Crippen LogP contribution in [-0.4, -0.2) is 18.4 Å². The summed E-state index contributed by atoms with van der Waals surface area (Å²) in [6, 6.07) is 7.49. The zero-order valence-corrected chi connectivity index (χ0v) is 10.6. The Morgan fingerprint density at radius 3 is 2.74 bits per heavy atom. The summed E-state index contributed by atoms with van der Waals surface area (Å²) in [5, 5.41) is 2.85. The lowest BCUT2D eigenvalue weighted by Crippen LogP contribution is -2.36. The average molecular weight is 256 g/mol. The maximum atomic E-state index is 12.6. The lowest BCUT2D eigenvalue weighted by Gasteiger charge is -2.25. The molecule has 3 rings (SSSR count). The number of allylic oxidation sites excluding steroid dienone is 2. The van der Waals surface area contributed by atoms with Crippen molar-refractivity contribution in [2.45, 2.75) is 19.3 Å². The van der Waals surface area contributed by atoms with E-state index in [1.165, 1.54) is 0 Å². The Morgan fingerprint density at radius 1 is 1.21 bits per heavy atom. The first-order valence-corrected chi connectivity index (χ1v) is 6.61. The van der Waals surface area contributed by atoms with E-state index in [1.54, 1.807) is 4.90 Å². The first-order chi connectivity index (χ1) is 9.25. The van der Waals surface area contributed by atoms with Crippen LogP contribution in [-0.2, 0) is 9.59 Å². The largest absolute Gasteiger partial charge is 0.324 e. The number of hydrogen-bond acceptors (Lipinski definition) is 2. The molecule has 0 saturated carbocycles. The maximum Gasteiger partial charge on any atom is 0.230 e. The molecule has 0 bridgehead atoms. The number of hydrogen-bond donors (Lipinski definition) is 1. The second-order valence-electron chi connectivity index (χ2n) is 4.94. The molecule has 1 aliphatic carbocycles. The summed E-state index contributed by atoms with van der Waals surface area (Å²) >= 11 is 0. The van der Waals surface area contributed by atoms with E-state index >= 15 is 0 Å². The highest BCUT2D eigenvalue weighted by atomic mass is 16.2. The van der Waals surface area contributed by atoms with E-state index in [1.807, 2.05) is 24.3 Å². The quantitative estimate of drug-likeness (QED) is 0.784. The third-order valence-corrected chi connectivity index (χ3v) is 3.65. The topological polar surface area (TPSA) is 49.4 Å². The zero-order chi connectivity index (χ0) is 13.2. The molecule has 0 spiro atoms. The summed E-state index contributed by atoms with van der Waals surface area (Å²) in [5.74, 6) is 0.113. The Labute approximate surface area is 112 Å².